The van der Waals surface area contributed by atoms with E-state index in [-0.39, 0.29) is 18.5 Å². The van der Waals surface area contributed by atoms with E-state index in [1.54, 1.807) is 6.08 Å². The zero-order chi connectivity index (χ0) is 56.4. The van der Waals surface area contributed by atoms with E-state index < -0.39 is 12.1 Å². The number of unbranched alkanes of at least 4 members (excludes halogenated alkanes) is 51. The number of hydrogen-bond acceptors (Lipinski definition) is 5. The van der Waals surface area contributed by atoms with Crippen LogP contribution in [0.15, 0.2) is 36.5 Å². The zero-order valence-corrected chi connectivity index (χ0v) is 52.7. The van der Waals surface area contributed by atoms with Crippen LogP contribution < -0.4 is 5.32 Å². The Morgan fingerprint density at radius 3 is 0.974 bits per heavy atom. The minimum atomic E-state index is -0.845. The molecule has 0 fully saturated rings. The first-order valence-electron chi connectivity index (χ1n) is 35.3. The third-order valence-corrected chi connectivity index (χ3v) is 16.4. The number of carbonyl (C=O) groups excluding carboxylic acids is 2. The van der Waals surface area contributed by atoms with Crippen LogP contribution in [0.5, 0.6) is 0 Å². The van der Waals surface area contributed by atoms with Crippen molar-refractivity contribution < 1.29 is 24.5 Å². The third kappa shape index (κ3) is 63.3. The highest BCUT2D eigenvalue weighted by molar-refractivity contribution is 5.76. The van der Waals surface area contributed by atoms with Crippen molar-refractivity contribution in [3.8, 4) is 0 Å². The molecule has 6 heteroatoms. The van der Waals surface area contributed by atoms with Gasteiger partial charge in [0.1, 0.15) is 0 Å². The van der Waals surface area contributed by atoms with Crippen molar-refractivity contribution in [2.24, 2.45) is 0 Å². The van der Waals surface area contributed by atoms with Gasteiger partial charge in [-0.1, -0.05) is 346 Å². The highest BCUT2D eigenvalue weighted by atomic mass is 16.5. The predicted molar refractivity (Wildman–Crippen MR) is 343 cm³/mol. The van der Waals surface area contributed by atoms with Crippen molar-refractivity contribution in [1.29, 1.82) is 0 Å². The average Bonchev–Trinajstić information content (AvgIpc) is 3.44. The Kier molecular flexibility index (Phi) is 65.9. The number of carbonyl (C=O) groups is 2. The molecule has 0 aromatic heterocycles. The van der Waals surface area contributed by atoms with Crippen LogP contribution in [0.3, 0.4) is 0 Å². The van der Waals surface area contributed by atoms with Gasteiger partial charge in [-0.15, -0.1) is 0 Å². The normalized spacial score (nSPS) is 12.7. The Labute approximate surface area is 487 Å². The van der Waals surface area contributed by atoms with E-state index in [1.165, 1.54) is 315 Å². The van der Waals surface area contributed by atoms with Crippen molar-refractivity contribution in [2.45, 2.75) is 398 Å². The van der Waals surface area contributed by atoms with Gasteiger partial charge >= 0.3 is 5.97 Å². The SMILES string of the molecule is CCCCCCCCCCCCCC/C=C/C(O)C(CO)NC(=O)CCCCCCCCCCCCCCC/C=C\C/C=C\CCCCCCCCCCCOC(=O)CCCCCCCCCCCCCCCCCCCC. The molecule has 3 N–H and O–H groups in total. The minimum Gasteiger partial charge on any atom is -0.466 e. The molecule has 0 radical (unpaired) electrons. The van der Waals surface area contributed by atoms with Crippen molar-refractivity contribution in [1.82, 2.24) is 5.32 Å². The quantitative estimate of drug-likeness (QED) is 0.0320. The first-order chi connectivity index (χ1) is 38.5. The summed E-state index contributed by atoms with van der Waals surface area (Å²) in [5.74, 6) is -0.0510. The van der Waals surface area contributed by atoms with Crippen molar-refractivity contribution in [3.63, 3.8) is 0 Å². The van der Waals surface area contributed by atoms with E-state index in [4.69, 9.17) is 4.74 Å². The highest BCUT2D eigenvalue weighted by Crippen LogP contribution is 2.18. The molecule has 6 nitrogen and oxygen atoms in total. The number of rotatable bonds is 66. The molecule has 1 amide bonds. The molecular formula is C72H137NO5. The maximum absolute atomic E-state index is 12.5. The largest absolute Gasteiger partial charge is 0.466 e. The van der Waals surface area contributed by atoms with Gasteiger partial charge in [0.15, 0.2) is 0 Å². The lowest BCUT2D eigenvalue weighted by atomic mass is 10.0. The second-order valence-corrected chi connectivity index (χ2v) is 24.2. The van der Waals surface area contributed by atoms with Gasteiger partial charge in [0, 0.05) is 12.8 Å². The molecule has 0 saturated heterocycles. The number of allylic oxidation sites excluding steroid dienone is 5. The van der Waals surface area contributed by atoms with E-state index in [9.17, 15) is 19.8 Å². The predicted octanol–water partition coefficient (Wildman–Crippen LogP) is 22.7. The molecule has 0 rings (SSSR count). The topological polar surface area (TPSA) is 95.9 Å². The molecule has 78 heavy (non-hydrogen) atoms. The van der Waals surface area contributed by atoms with E-state index >= 15 is 0 Å². The Balaban J connectivity index is 3.39. The lowest BCUT2D eigenvalue weighted by Gasteiger charge is -2.20. The molecule has 460 valence electrons. The summed E-state index contributed by atoms with van der Waals surface area (Å²) in [6.07, 6.45) is 86.5. The molecule has 0 aliphatic carbocycles. The fraction of sp³-hybridized carbons (Fsp3) is 0.889. The molecule has 0 heterocycles. The lowest BCUT2D eigenvalue weighted by molar-refractivity contribution is -0.143. The summed E-state index contributed by atoms with van der Waals surface area (Å²) < 4.78 is 5.51. The van der Waals surface area contributed by atoms with E-state index in [0.717, 1.165) is 44.9 Å². The maximum atomic E-state index is 12.5. The van der Waals surface area contributed by atoms with Crippen LogP contribution in [-0.2, 0) is 14.3 Å². The Morgan fingerprint density at radius 1 is 0.359 bits per heavy atom. The molecule has 0 aromatic carbocycles. The first-order valence-corrected chi connectivity index (χ1v) is 35.3. The molecule has 0 aliphatic heterocycles. The second-order valence-electron chi connectivity index (χ2n) is 24.2. The molecule has 0 aliphatic rings. The van der Waals surface area contributed by atoms with Crippen LogP contribution in [0.25, 0.3) is 0 Å². The van der Waals surface area contributed by atoms with Gasteiger partial charge in [-0.25, -0.2) is 0 Å². The zero-order valence-electron chi connectivity index (χ0n) is 52.7. The summed E-state index contributed by atoms with van der Waals surface area (Å²) in [5.41, 5.74) is 0. The summed E-state index contributed by atoms with van der Waals surface area (Å²) in [5, 5.41) is 23.1. The van der Waals surface area contributed by atoms with Gasteiger partial charge in [-0.3, -0.25) is 9.59 Å². The van der Waals surface area contributed by atoms with Gasteiger partial charge in [0.05, 0.1) is 25.4 Å². The summed E-state index contributed by atoms with van der Waals surface area (Å²) in [6.45, 7) is 4.93. The van der Waals surface area contributed by atoms with E-state index in [1.807, 2.05) is 6.08 Å². The van der Waals surface area contributed by atoms with E-state index in [2.05, 4.69) is 43.5 Å². The van der Waals surface area contributed by atoms with Crippen molar-refractivity contribution >= 4 is 11.9 Å². The highest BCUT2D eigenvalue weighted by Gasteiger charge is 2.18. The lowest BCUT2D eigenvalue weighted by Crippen LogP contribution is -2.45. The number of aliphatic hydroxyl groups is 2. The first kappa shape index (κ1) is 76.1. The van der Waals surface area contributed by atoms with Crippen LogP contribution in [0.2, 0.25) is 0 Å². The monoisotopic (exact) mass is 1100 g/mol. The number of nitrogens with one attached hydrogen (secondary N) is 1. The van der Waals surface area contributed by atoms with Crippen LogP contribution in [-0.4, -0.2) is 47.4 Å². The second kappa shape index (κ2) is 67.6. The molecule has 0 bridgehead atoms. The Bertz CT molecular complexity index is 1260. The average molecular weight is 1100 g/mol. The summed E-state index contributed by atoms with van der Waals surface area (Å²) >= 11 is 0. The van der Waals surface area contributed by atoms with E-state index in [0.29, 0.717) is 19.4 Å². The molecule has 0 aromatic rings. The van der Waals surface area contributed by atoms with Crippen LogP contribution in [0, 0.1) is 0 Å². The molecule has 0 saturated carbocycles. The van der Waals surface area contributed by atoms with Gasteiger partial charge in [-0.05, 0) is 64.2 Å². The van der Waals surface area contributed by atoms with Crippen molar-refractivity contribution in [3.05, 3.63) is 36.5 Å². The molecule has 2 unspecified atom stereocenters. The van der Waals surface area contributed by atoms with Crippen LogP contribution in [0.4, 0.5) is 0 Å². The number of ether oxygens (including phenoxy) is 1. The number of amides is 1. The summed E-state index contributed by atoms with van der Waals surface area (Å²) in [4.78, 5) is 24.6. The molecule has 0 spiro atoms. The Hall–Kier alpha value is -1.92. The third-order valence-electron chi connectivity index (χ3n) is 16.4. The summed E-state index contributed by atoms with van der Waals surface area (Å²) in [7, 11) is 0. The standard InChI is InChI=1S/C72H137NO5/c1-3-5-7-9-11-13-15-17-19-20-35-38-42-46-50-54-58-62-66-72(77)78-67-63-59-55-51-47-43-39-36-33-31-29-27-25-23-21-22-24-26-28-30-32-34-37-41-45-49-53-57-61-65-71(76)73-69(68-74)70(75)64-60-56-52-48-44-40-18-16-14-12-10-8-6-4-2/h21,23,27,29,60,64,69-70,74-75H,3-20,22,24-26,28,30-59,61-63,65-68H2,1-2H3,(H,73,76)/b23-21-,29-27-,64-60+. The van der Waals surface area contributed by atoms with Crippen LogP contribution in [0.1, 0.15) is 386 Å². The number of esters is 1. The summed E-state index contributed by atoms with van der Waals surface area (Å²) in [6, 6.07) is -0.628. The van der Waals surface area contributed by atoms with Gasteiger partial charge in [-0.2, -0.15) is 0 Å². The molecule has 2 atom stereocenters. The smallest absolute Gasteiger partial charge is 0.305 e. The van der Waals surface area contributed by atoms with Crippen molar-refractivity contribution in [2.75, 3.05) is 13.2 Å². The van der Waals surface area contributed by atoms with Gasteiger partial charge in [0.25, 0.3) is 0 Å². The molecular weight excluding hydrogens is 959 g/mol. The number of aliphatic hydroxyl groups excluding tert-OH is 2. The fourth-order valence-corrected chi connectivity index (χ4v) is 11.0. The maximum Gasteiger partial charge on any atom is 0.305 e. The van der Waals surface area contributed by atoms with Gasteiger partial charge in [0.2, 0.25) is 5.91 Å². The van der Waals surface area contributed by atoms with Gasteiger partial charge < -0.3 is 20.3 Å². The fourth-order valence-electron chi connectivity index (χ4n) is 11.0. The number of hydrogen-bond donors (Lipinski definition) is 3. The minimum absolute atomic E-state index is 0.0165. The Morgan fingerprint density at radius 2 is 0.641 bits per heavy atom. The van der Waals surface area contributed by atoms with Crippen LogP contribution >= 0.6 is 0 Å².